The minimum absolute atomic E-state index is 0.0263. The van der Waals surface area contributed by atoms with Gasteiger partial charge in [-0.3, -0.25) is 0 Å². The number of carbonyl (C=O) groups excluding carboxylic acids is 1. The molecule has 2 saturated carbocycles. The number of fused-ring (bicyclic) bond motifs is 2. The van der Waals surface area contributed by atoms with E-state index in [-0.39, 0.29) is 34.4 Å². The Morgan fingerprint density at radius 3 is 2.57 bits per heavy atom. The van der Waals surface area contributed by atoms with Crippen molar-refractivity contribution < 1.29 is 19.7 Å². The molecule has 0 amide bonds. The summed E-state index contributed by atoms with van der Waals surface area (Å²) >= 11 is 0. The van der Waals surface area contributed by atoms with E-state index in [2.05, 4.69) is 20.8 Å². The van der Waals surface area contributed by atoms with Gasteiger partial charge in [0.05, 0.1) is 0 Å². The molecule has 2 fully saturated rings. The maximum Gasteiger partial charge on any atom is 0.331 e. The molecular weight excluding hydrogens is 292 g/mol. The Bertz CT molecular complexity index is 661. The molecule has 1 aromatic carbocycles. The Balaban J connectivity index is 1.66. The minimum Gasteiger partial charge on any atom is -0.504 e. The van der Waals surface area contributed by atoms with Gasteiger partial charge in [0.1, 0.15) is 6.10 Å². The third-order valence-electron chi connectivity index (χ3n) is 6.38. The molecule has 2 aliphatic rings. The Hall–Kier alpha value is -1.97. The van der Waals surface area contributed by atoms with Crippen molar-refractivity contribution in [3.63, 3.8) is 0 Å². The highest BCUT2D eigenvalue weighted by molar-refractivity contribution is 5.87. The molecule has 2 bridgehead atoms. The van der Waals surface area contributed by atoms with Crippen LogP contribution >= 0.6 is 0 Å². The molecule has 0 aromatic heterocycles. The molecular formula is C19H24O4. The van der Waals surface area contributed by atoms with Crippen LogP contribution in [-0.2, 0) is 9.53 Å². The van der Waals surface area contributed by atoms with E-state index < -0.39 is 0 Å². The van der Waals surface area contributed by atoms with E-state index in [0.29, 0.717) is 11.5 Å². The number of phenolic OH excluding ortho intramolecular Hbond substituents is 2. The molecule has 0 unspecified atom stereocenters. The first kappa shape index (κ1) is 15.9. The molecule has 124 valence electrons. The number of phenols is 2. The third-order valence-corrected chi connectivity index (χ3v) is 6.38. The lowest BCUT2D eigenvalue weighted by atomic mass is 9.70. The van der Waals surface area contributed by atoms with Gasteiger partial charge in [0.15, 0.2) is 11.5 Å². The summed E-state index contributed by atoms with van der Waals surface area (Å²) in [6.07, 6.45) is 6.22. The average Bonchev–Trinajstić information content (AvgIpc) is 2.82. The molecule has 0 saturated heterocycles. The Morgan fingerprint density at radius 1 is 1.26 bits per heavy atom. The summed E-state index contributed by atoms with van der Waals surface area (Å²) in [6, 6.07) is 4.42. The van der Waals surface area contributed by atoms with Crippen molar-refractivity contribution in [3.8, 4) is 11.5 Å². The SMILES string of the molecule is CC1(C)[C@H]2CC[C@]1(C)[C@H](OC(=O)C=Cc1ccc(O)c(O)c1)C2. The average molecular weight is 316 g/mol. The molecule has 3 rings (SSSR count). The van der Waals surface area contributed by atoms with Crippen molar-refractivity contribution in [2.45, 2.75) is 46.1 Å². The van der Waals surface area contributed by atoms with Gasteiger partial charge in [0, 0.05) is 11.5 Å². The lowest BCUT2D eigenvalue weighted by molar-refractivity contribution is -0.150. The number of esters is 1. The summed E-state index contributed by atoms with van der Waals surface area (Å²) in [6.45, 7) is 6.81. The number of carbonyl (C=O) groups is 1. The van der Waals surface area contributed by atoms with Crippen LogP contribution in [0.4, 0.5) is 0 Å². The molecule has 0 heterocycles. The van der Waals surface area contributed by atoms with Crippen LogP contribution in [0.15, 0.2) is 24.3 Å². The molecule has 0 aliphatic heterocycles. The number of hydrogen-bond acceptors (Lipinski definition) is 4. The third kappa shape index (κ3) is 2.50. The van der Waals surface area contributed by atoms with Crippen molar-refractivity contribution in [1.29, 1.82) is 0 Å². The van der Waals surface area contributed by atoms with Gasteiger partial charge in [0.25, 0.3) is 0 Å². The number of aromatic hydroxyl groups is 2. The fourth-order valence-corrected chi connectivity index (χ4v) is 4.30. The Labute approximate surface area is 136 Å². The van der Waals surface area contributed by atoms with Crippen LogP contribution in [0.1, 0.15) is 45.6 Å². The Kier molecular flexibility index (Phi) is 3.66. The minimum atomic E-state index is -0.355. The van der Waals surface area contributed by atoms with Gasteiger partial charge in [0.2, 0.25) is 0 Å². The summed E-state index contributed by atoms with van der Waals surface area (Å²) < 4.78 is 5.72. The fourth-order valence-electron chi connectivity index (χ4n) is 4.30. The largest absolute Gasteiger partial charge is 0.504 e. The van der Waals surface area contributed by atoms with Crippen molar-refractivity contribution in [2.75, 3.05) is 0 Å². The quantitative estimate of drug-likeness (QED) is 0.505. The fraction of sp³-hybridized carbons (Fsp3) is 0.526. The van der Waals surface area contributed by atoms with Gasteiger partial charge in [-0.25, -0.2) is 4.79 Å². The van der Waals surface area contributed by atoms with Gasteiger partial charge in [-0.2, -0.15) is 0 Å². The second-order valence-electron chi connectivity index (χ2n) is 7.62. The summed E-state index contributed by atoms with van der Waals surface area (Å²) in [7, 11) is 0. The topological polar surface area (TPSA) is 66.8 Å². The molecule has 23 heavy (non-hydrogen) atoms. The summed E-state index contributed by atoms with van der Waals surface area (Å²) in [5, 5.41) is 18.7. The molecule has 0 spiro atoms. The standard InChI is InChI=1S/C19H24O4/c1-18(2)13-8-9-19(18,3)16(11-13)23-17(22)7-5-12-4-6-14(20)15(21)10-12/h4-7,10,13,16,20-21H,8-9,11H2,1-3H3/t13-,16+,19+/m0/s1. The molecule has 3 atom stereocenters. The zero-order valence-corrected chi connectivity index (χ0v) is 13.9. The van der Waals surface area contributed by atoms with Crippen molar-refractivity contribution in [2.24, 2.45) is 16.7 Å². The number of benzene rings is 1. The van der Waals surface area contributed by atoms with Crippen LogP contribution in [0, 0.1) is 16.7 Å². The zero-order chi connectivity index (χ0) is 16.8. The van der Waals surface area contributed by atoms with Gasteiger partial charge < -0.3 is 14.9 Å². The van der Waals surface area contributed by atoms with Crippen LogP contribution < -0.4 is 0 Å². The van der Waals surface area contributed by atoms with Crippen molar-refractivity contribution >= 4 is 12.0 Å². The highest BCUT2D eigenvalue weighted by Gasteiger charge is 2.62. The highest BCUT2D eigenvalue weighted by Crippen LogP contribution is 2.66. The molecule has 0 radical (unpaired) electrons. The van der Waals surface area contributed by atoms with E-state index in [1.807, 2.05) is 0 Å². The maximum absolute atomic E-state index is 12.1. The lowest BCUT2D eigenvalue weighted by Crippen LogP contribution is -2.38. The Morgan fingerprint density at radius 2 is 2.00 bits per heavy atom. The number of hydrogen-bond donors (Lipinski definition) is 2. The maximum atomic E-state index is 12.1. The van der Waals surface area contributed by atoms with Crippen LogP contribution in [-0.4, -0.2) is 22.3 Å². The van der Waals surface area contributed by atoms with E-state index in [4.69, 9.17) is 4.74 Å². The number of ether oxygens (including phenoxy) is 1. The second-order valence-corrected chi connectivity index (χ2v) is 7.62. The van der Waals surface area contributed by atoms with E-state index in [1.54, 1.807) is 12.1 Å². The van der Waals surface area contributed by atoms with Gasteiger partial charge in [-0.15, -0.1) is 0 Å². The first-order chi connectivity index (χ1) is 10.7. The molecule has 2 aliphatic carbocycles. The predicted octanol–water partition coefficient (Wildman–Crippen LogP) is 3.87. The highest BCUT2D eigenvalue weighted by atomic mass is 16.5. The zero-order valence-electron chi connectivity index (χ0n) is 13.9. The molecule has 4 heteroatoms. The van der Waals surface area contributed by atoms with E-state index in [1.165, 1.54) is 24.6 Å². The van der Waals surface area contributed by atoms with Crippen molar-refractivity contribution in [3.05, 3.63) is 29.8 Å². The number of rotatable bonds is 3. The van der Waals surface area contributed by atoms with Crippen LogP contribution in [0.5, 0.6) is 11.5 Å². The monoisotopic (exact) mass is 316 g/mol. The predicted molar refractivity (Wildman–Crippen MR) is 87.9 cm³/mol. The van der Waals surface area contributed by atoms with Crippen molar-refractivity contribution in [1.82, 2.24) is 0 Å². The van der Waals surface area contributed by atoms with Gasteiger partial charge in [-0.05, 0) is 54.4 Å². The summed E-state index contributed by atoms with van der Waals surface area (Å²) in [5.41, 5.74) is 0.902. The molecule has 2 N–H and O–H groups in total. The van der Waals surface area contributed by atoms with Crippen LogP contribution in [0.25, 0.3) is 6.08 Å². The van der Waals surface area contributed by atoms with E-state index in [9.17, 15) is 15.0 Å². The first-order valence-electron chi connectivity index (χ1n) is 8.15. The van der Waals surface area contributed by atoms with Gasteiger partial charge >= 0.3 is 5.97 Å². The molecule has 1 aromatic rings. The molecule has 4 nitrogen and oxygen atoms in total. The first-order valence-corrected chi connectivity index (χ1v) is 8.15. The van der Waals surface area contributed by atoms with E-state index >= 15 is 0 Å². The van der Waals surface area contributed by atoms with Gasteiger partial charge in [-0.1, -0.05) is 26.8 Å². The van der Waals surface area contributed by atoms with E-state index in [0.717, 1.165) is 12.8 Å². The normalized spacial score (nSPS) is 31.6. The summed E-state index contributed by atoms with van der Waals surface area (Å²) in [5.74, 6) is -0.111. The smallest absolute Gasteiger partial charge is 0.331 e. The van der Waals surface area contributed by atoms with Crippen LogP contribution in [0.2, 0.25) is 0 Å². The lowest BCUT2D eigenvalue weighted by Gasteiger charge is -2.38. The second kappa shape index (κ2) is 5.29. The van der Waals surface area contributed by atoms with Crippen LogP contribution in [0.3, 0.4) is 0 Å². The summed E-state index contributed by atoms with van der Waals surface area (Å²) in [4.78, 5) is 12.1.